The standard InChI is InChI=1S/C19H31N5O8/c20-10-5-11(21)18(17(28)14(10)25)32-19-13(22)16(27)15(26)12(31-19)7-23-6-8-1-3-9(4-2-8)24(29)30/h1-4,10-19,23,25-28H,5-7,20-22H2/t10-,11+,12-,13-,14+,15-,16-,17-,18-,19-/m1/s1. The van der Waals surface area contributed by atoms with Gasteiger partial charge in [-0.1, -0.05) is 12.1 Å². The summed E-state index contributed by atoms with van der Waals surface area (Å²) < 4.78 is 11.5. The Bertz CT molecular complexity index is 771. The molecule has 13 nitrogen and oxygen atoms in total. The molecule has 0 amide bonds. The third-order valence-corrected chi connectivity index (χ3v) is 5.95. The van der Waals surface area contributed by atoms with Crippen molar-refractivity contribution in [2.75, 3.05) is 6.54 Å². The Hall–Kier alpha value is -1.78. The van der Waals surface area contributed by atoms with Crippen LogP contribution in [0.25, 0.3) is 0 Å². The van der Waals surface area contributed by atoms with E-state index in [1.165, 1.54) is 12.1 Å². The maximum atomic E-state index is 10.7. The molecule has 180 valence electrons. The van der Waals surface area contributed by atoms with Crippen LogP contribution in [0.5, 0.6) is 0 Å². The summed E-state index contributed by atoms with van der Waals surface area (Å²) in [5, 5.41) is 54.8. The summed E-state index contributed by atoms with van der Waals surface area (Å²) in [5.41, 5.74) is 18.5. The van der Waals surface area contributed by atoms with E-state index in [0.29, 0.717) is 6.54 Å². The van der Waals surface area contributed by atoms with Gasteiger partial charge in [0, 0.05) is 37.3 Å². The van der Waals surface area contributed by atoms with Crippen molar-refractivity contribution in [3.8, 4) is 0 Å². The van der Waals surface area contributed by atoms with Crippen LogP contribution in [0.2, 0.25) is 0 Å². The van der Waals surface area contributed by atoms with Crippen LogP contribution in [0.15, 0.2) is 24.3 Å². The van der Waals surface area contributed by atoms with E-state index in [9.17, 15) is 30.5 Å². The minimum Gasteiger partial charge on any atom is -0.389 e. The number of aliphatic hydroxyl groups is 4. The number of rotatable bonds is 7. The van der Waals surface area contributed by atoms with Crippen LogP contribution < -0.4 is 22.5 Å². The molecular weight excluding hydrogens is 426 g/mol. The highest BCUT2D eigenvalue weighted by atomic mass is 16.7. The van der Waals surface area contributed by atoms with Gasteiger partial charge in [0.05, 0.1) is 17.1 Å². The first-order valence-corrected chi connectivity index (χ1v) is 10.3. The molecule has 0 unspecified atom stereocenters. The van der Waals surface area contributed by atoms with E-state index in [0.717, 1.165) is 5.56 Å². The van der Waals surface area contributed by atoms with Crippen LogP contribution in [0, 0.1) is 10.1 Å². The number of nitro groups is 1. The number of nitrogens with two attached hydrogens (primary N) is 3. The molecule has 13 heteroatoms. The smallest absolute Gasteiger partial charge is 0.269 e. The van der Waals surface area contributed by atoms with Crippen LogP contribution >= 0.6 is 0 Å². The highest BCUT2D eigenvalue weighted by Crippen LogP contribution is 2.27. The number of ether oxygens (including phenoxy) is 2. The first kappa shape index (κ1) is 24.9. The van der Waals surface area contributed by atoms with E-state index in [1.54, 1.807) is 12.1 Å². The molecule has 1 saturated heterocycles. The Labute approximate surface area is 184 Å². The highest BCUT2D eigenvalue weighted by Gasteiger charge is 2.48. The van der Waals surface area contributed by atoms with Crippen LogP contribution in [0.4, 0.5) is 5.69 Å². The lowest BCUT2D eigenvalue weighted by Gasteiger charge is -2.46. The molecule has 1 aliphatic heterocycles. The van der Waals surface area contributed by atoms with Crippen molar-refractivity contribution in [1.29, 1.82) is 0 Å². The zero-order valence-electron chi connectivity index (χ0n) is 17.3. The monoisotopic (exact) mass is 457 g/mol. The molecule has 1 aromatic rings. The second-order valence-electron chi connectivity index (χ2n) is 8.30. The lowest BCUT2D eigenvalue weighted by atomic mass is 9.84. The van der Waals surface area contributed by atoms with E-state index >= 15 is 0 Å². The van der Waals surface area contributed by atoms with Crippen molar-refractivity contribution in [1.82, 2.24) is 5.32 Å². The predicted molar refractivity (Wildman–Crippen MR) is 111 cm³/mol. The summed E-state index contributed by atoms with van der Waals surface area (Å²) in [6.07, 6.45) is -8.22. The first-order valence-electron chi connectivity index (χ1n) is 10.3. The Morgan fingerprint density at radius 3 is 2.31 bits per heavy atom. The summed E-state index contributed by atoms with van der Waals surface area (Å²) in [6, 6.07) is 3.45. The fraction of sp³-hybridized carbons (Fsp3) is 0.684. The minimum atomic E-state index is -1.37. The first-order chi connectivity index (χ1) is 15.1. The molecule has 11 N–H and O–H groups in total. The molecule has 0 bridgehead atoms. The normalized spacial score (nSPS) is 40.2. The lowest BCUT2D eigenvalue weighted by Crippen LogP contribution is -2.67. The van der Waals surface area contributed by atoms with Gasteiger partial charge in [0.25, 0.3) is 5.69 Å². The molecule has 0 aromatic heterocycles. The second-order valence-corrected chi connectivity index (χ2v) is 8.30. The summed E-state index contributed by atoms with van der Waals surface area (Å²) in [4.78, 5) is 10.2. The van der Waals surface area contributed by atoms with Crippen molar-refractivity contribution in [3.05, 3.63) is 39.9 Å². The zero-order chi connectivity index (χ0) is 23.6. The summed E-state index contributed by atoms with van der Waals surface area (Å²) in [6.45, 7) is 0.434. The van der Waals surface area contributed by atoms with E-state index in [-0.39, 0.29) is 18.7 Å². The molecule has 10 atom stereocenters. The molecule has 3 rings (SSSR count). The average Bonchev–Trinajstić information content (AvgIpc) is 2.76. The van der Waals surface area contributed by atoms with Gasteiger partial charge in [-0.05, 0) is 12.0 Å². The van der Waals surface area contributed by atoms with E-state index in [2.05, 4.69) is 5.32 Å². The number of non-ortho nitro benzene ring substituents is 1. The van der Waals surface area contributed by atoms with Gasteiger partial charge in [-0.3, -0.25) is 10.1 Å². The van der Waals surface area contributed by atoms with Gasteiger partial charge in [0.15, 0.2) is 6.29 Å². The Kier molecular flexibility index (Phi) is 8.11. The summed E-state index contributed by atoms with van der Waals surface area (Å²) >= 11 is 0. The summed E-state index contributed by atoms with van der Waals surface area (Å²) in [7, 11) is 0. The molecule has 1 aliphatic carbocycles. The summed E-state index contributed by atoms with van der Waals surface area (Å²) in [5.74, 6) is 0. The van der Waals surface area contributed by atoms with Crippen LogP contribution in [-0.4, -0.2) is 92.9 Å². The number of aliphatic hydroxyl groups excluding tert-OH is 4. The maximum absolute atomic E-state index is 10.7. The fourth-order valence-electron chi connectivity index (χ4n) is 3.96. The molecule has 1 aromatic carbocycles. The number of nitro benzene ring substituents is 1. The Morgan fingerprint density at radius 1 is 1.03 bits per heavy atom. The third-order valence-electron chi connectivity index (χ3n) is 5.95. The number of hydrogen-bond acceptors (Lipinski definition) is 12. The van der Waals surface area contributed by atoms with E-state index < -0.39 is 66.0 Å². The number of nitrogens with zero attached hydrogens (tertiary/aromatic N) is 1. The average molecular weight is 457 g/mol. The Morgan fingerprint density at radius 2 is 1.69 bits per heavy atom. The van der Waals surface area contributed by atoms with Gasteiger partial charge in [0.1, 0.15) is 30.5 Å². The topological polar surface area (TPSA) is 233 Å². The molecular formula is C19H31N5O8. The SMILES string of the molecule is N[C@H]1[C@@H](O[C@H]2[C@H](O)[C@@H](O)[C@H](N)C[C@@H]2N)O[C@H](CNCc2ccc([N+](=O)[O-])cc2)[C@@H](O)[C@@H]1O. The second kappa shape index (κ2) is 10.4. The molecule has 0 radical (unpaired) electrons. The lowest BCUT2D eigenvalue weighted by molar-refractivity contribution is -0.384. The molecule has 32 heavy (non-hydrogen) atoms. The highest BCUT2D eigenvalue weighted by molar-refractivity contribution is 5.32. The van der Waals surface area contributed by atoms with Crippen LogP contribution in [0.3, 0.4) is 0 Å². The van der Waals surface area contributed by atoms with Crippen LogP contribution in [0.1, 0.15) is 12.0 Å². The van der Waals surface area contributed by atoms with Gasteiger partial charge >= 0.3 is 0 Å². The number of hydrogen-bond donors (Lipinski definition) is 8. The maximum Gasteiger partial charge on any atom is 0.269 e. The largest absolute Gasteiger partial charge is 0.389 e. The quantitative estimate of drug-likeness (QED) is 0.148. The predicted octanol–water partition coefficient (Wildman–Crippen LogP) is -3.38. The van der Waals surface area contributed by atoms with Crippen molar-refractivity contribution in [2.45, 2.75) is 74.0 Å². The molecule has 2 aliphatic rings. The van der Waals surface area contributed by atoms with Gasteiger partial charge in [-0.25, -0.2) is 0 Å². The van der Waals surface area contributed by atoms with Gasteiger partial charge in [0.2, 0.25) is 0 Å². The van der Waals surface area contributed by atoms with Crippen molar-refractivity contribution in [3.63, 3.8) is 0 Å². The third kappa shape index (κ3) is 5.40. The molecule has 0 spiro atoms. The number of benzene rings is 1. The molecule has 2 fully saturated rings. The zero-order valence-corrected chi connectivity index (χ0v) is 17.3. The molecule has 1 heterocycles. The van der Waals surface area contributed by atoms with E-state index in [4.69, 9.17) is 26.7 Å². The molecule has 1 saturated carbocycles. The van der Waals surface area contributed by atoms with Gasteiger partial charge < -0.3 is 52.4 Å². The van der Waals surface area contributed by atoms with Crippen molar-refractivity contribution in [2.24, 2.45) is 17.2 Å². The van der Waals surface area contributed by atoms with Crippen LogP contribution in [-0.2, 0) is 16.0 Å². The number of nitrogens with one attached hydrogen (secondary N) is 1. The van der Waals surface area contributed by atoms with E-state index in [1.807, 2.05) is 0 Å². The Balaban J connectivity index is 1.59. The van der Waals surface area contributed by atoms with Gasteiger partial charge in [-0.15, -0.1) is 0 Å². The van der Waals surface area contributed by atoms with Gasteiger partial charge in [-0.2, -0.15) is 0 Å². The fourth-order valence-corrected chi connectivity index (χ4v) is 3.96. The van der Waals surface area contributed by atoms with Crippen molar-refractivity contribution < 1.29 is 34.8 Å². The minimum absolute atomic E-state index is 0.0222. The van der Waals surface area contributed by atoms with Crippen molar-refractivity contribution >= 4 is 5.69 Å².